The highest BCUT2D eigenvalue weighted by atomic mass is 32.2. The van der Waals surface area contributed by atoms with E-state index in [1.54, 1.807) is 28.8 Å². The van der Waals surface area contributed by atoms with Crippen molar-refractivity contribution in [1.29, 1.82) is 0 Å². The van der Waals surface area contributed by atoms with Crippen molar-refractivity contribution in [1.82, 2.24) is 18.9 Å². The summed E-state index contributed by atoms with van der Waals surface area (Å²) in [4.78, 5) is 13.1. The van der Waals surface area contributed by atoms with Crippen LogP contribution in [0.3, 0.4) is 0 Å². The number of hydrogen-bond acceptors (Lipinski definition) is 9. The third kappa shape index (κ3) is 6.65. The van der Waals surface area contributed by atoms with Gasteiger partial charge in [0, 0.05) is 49.9 Å². The standard InChI is InChI=1S/C29H38N4O8S2/c1-3-32-18-27(28(35)25-9-4-5-10-26(25)32)43(38,39)33-13-11-29(12-14-33)16-21(19-41-29)31-17-22(34)20-40-23-7-6-8-24(15-23)42(36,37)30-2/h4-10,15,18,21-22,30-31,34H,3,11-14,16-17,19-20H2,1-2H3. The molecule has 5 rings (SSSR count). The molecule has 234 valence electrons. The van der Waals surface area contributed by atoms with Crippen molar-refractivity contribution < 1.29 is 31.4 Å². The monoisotopic (exact) mass is 634 g/mol. The van der Waals surface area contributed by atoms with E-state index >= 15 is 0 Å². The van der Waals surface area contributed by atoms with Crippen LogP contribution in [0.5, 0.6) is 5.75 Å². The summed E-state index contributed by atoms with van der Waals surface area (Å²) < 4.78 is 68.4. The summed E-state index contributed by atoms with van der Waals surface area (Å²) in [6.07, 6.45) is 2.26. The van der Waals surface area contributed by atoms with Gasteiger partial charge in [-0.3, -0.25) is 4.79 Å². The average molecular weight is 635 g/mol. The molecule has 3 aromatic rings. The first kappa shape index (κ1) is 31.6. The van der Waals surface area contributed by atoms with Gasteiger partial charge in [-0.15, -0.1) is 0 Å². The van der Waals surface area contributed by atoms with Crippen molar-refractivity contribution in [2.45, 2.75) is 60.3 Å². The number of hydrogen-bond donors (Lipinski definition) is 3. The Labute approximate surface area is 251 Å². The van der Waals surface area contributed by atoms with E-state index in [0.717, 1.165) is 0 Å². The van der Waals surface area contributed by atoms with E-state index in [9.17, 15) is 26.7 Å². The summed E-state index contributed by atoms with van der Waals surface area (Å²) >= 11 is 0. The molecule has 0 aliphatic carbocycles. The number of para-hydroxylation sites is 1. The first-order valence-electron chi connectivity index (χ1n) is 14.3. The number of aliphatic hydroxyl groups excluding tert-OH is 1. The van der Waals surface area contributed by atoms with E-state index in [0.29, 0.717) is 49.1 Å². The number of nitrogens with one attached hydrogen (secondary N) is 2. The molecule has 3 heterocycles. The number of pyridine rings is 1. The van der Waals surface area contributed by atoms with Crippen LogP contribution in [0.1, 0.15) is 26.2 Å². The van der Waals surface area contributed by atoms with E-state index in [1.165, 1.54) is 29.7 Å². The second-order valence-corrected chi connectivity index (χ2v) is 14.8. The van der Waals surface area contributed by atoms with Crippen LogP contribution in [-0.4, -0.2) is 88.5 Å². The van der Waals surface area contributed by atoms with Crippen LogP contribution < -0.4 is 20.2 Å². The topological polar surface area (TPSA) is 156 Å². The van der Waals surface area contributed by atoms with Gasteiger partial charge < -0.3 is 24.5 Å². The van der Waals surface area contributed by atoms with Gasteiger partial charge in [-0.25, -0.2) is 21.6 Å². The first-order valence-corrected chi connectivity index (χ1v) is 17.2. The van der Waals surface area contributed by atoms with Crippen molar-refractivity contribution >= 4 is 30.9 Å². The van der Waals surface area contributed by atoms with E-state index in [4.69, 9.17) is 9.47 Å². The lowest BCUT2D eigenvalue weighted by molar-refractivity contribution is -0.0312. The van der Waals surface area contributed by atoms with Crippen LogP contribution in [0.15, 0.2) is 69.3 Å². The maximum Gasteiger partial charge on any atom is 0.248 e. The fourth-order valence-corrected chi connectivity index (χ4v) is 8.07. The molecule has 2 aliphatic rings. The molecule has 2 saturated heterocycles. The Hall–Kier alpha value is -2.85. The SMILES string of the molecule is CCn1cc(S(=O)(=O)N2CCC3(CC2)CC(NCC(O)COc2cccc(S(=O)(=O)NC)c2)CO3)c(=O)c2ccccc21. The average Bonchev–Trinajstić information content (AvgIpc) is 3.41. The van der Waals surface area contributed by atoms with Crippen molar-refractivity contribution in [2.24, 2.45) is 0 Å². The number of ether oxygens (including phenoxy) is 2. The van der Waals surface area contributed by atoms with Gasteiger partial charge in [0.05, 0.1) is 22.6 Å². The molecular formula is C29H38N4O8S2. The molecule has 0 amide bonds. The van der Waals surface area contributed by atoms with Gasteiger partial charge in [0.25, 0.3) is 0 Å². The van der Waals surface area contributed by atoms with Crippen molar-refractivity contribution in [2.75, 3.05) is 39.9 Å². The molecule has 1 spiro atoms. The van der Waals surface area contributed by atoms with E-state index in [-0.39, 0.29) is 42.1 Å². The molecule has 43 heavy (non-hydrogen) atoms. The van der Waals surface area contributed by atoms with Crippen molar-refractivity contribution in [3.8, 4) is 5.75 Å². The van der Waals surface area contributed by atoms with E-state index in [1.807, 2.05) is 19.1 Å². The zero-order valence-electron chi connectivity index (χ0n) is 24.2. The number of aryl methyl sites for hydroxylation is 1. The van der Waals surface area contributed by atoms with Crippen LogP contribution in [0.4, 0.5) is 0 Å². The minimum atomic E-state index is -3.99. The summed E-state index contributed by atoms with van der Waals surface area (Å²) in [5.41, 5.74) is -0.257. The number of fused-ring (bicyclic) bond motifs is 1. The highest BCUT2D eigenvalue weighted by Gasteiger charge is 2.45. The Bertz CT molecular complexity index is 1730. The molecule has 2 aliphatic heterocycles. The lowest BCUT2D eigenvalue weighted by Crippen LogP contribution is -2.47. The van der Waals surface area contributed by atoms with Gasteiger partial charge in [-0.2, -0.15) is 4.31 Å². The summed E-state index contributed by atoms with van der Waals surface area (Å²) in [6, 6.07) is 13.0. The lowest BCUT2D eigenvalue weighted by atomic mass is 9.88. The molecule has 2 aromatic carbocycles. The Morgan fingerprint density at radius 2 is 1.86 bits per heavy atom. The van der Waals surface area contributed by atoms with Crippen LogP contribution in [0.25, 0.3) is 10.9 Å². The van der Waals surface area contributed by atoms with E-state index in [2.05, 4.69) is 10.0 Å². The maximum absolute atomic E-state index is 13.6. The van der Waals surface area contributed by atoms with Gasteiger partial charge in [-0.1, -0.05) is 18.2 Å². The fraction of sp³-hybridized carbons (Fsp3) is 0.483. The molecule has 2 atom stereocenters. The number of aliphatic hydroxyl groups is 1. The summed E-state index contributed by atoms with van der Waals surface area (Å²) in [5.74, 6) is 0.331. The highest BCUT2D eigenvalue weighted by Crippen LogP contribution is 2.37. The summed E-state index contributed by atoms with van der Waals surface area (Å²) in [5, 5.41) is 14.1. The fourth-order valence-electron chi connectivity index (χ4n) is 5.76. The normalized spacial score (nSPS) is 20.0. The highest BCUT2D eigenvalue weighted by molar-refractivity contribution is 7.89. The Balaban J connectivity index is 1.14. The maximum atomic E-state index is 13.6. The number of nitrogens with zero attached hydrogens (tertiary/aromatic N) is 2. The second kappa shape index (κ2) is 12.6. The third-order valence-electron chi connectivity index (χ3n) is 8.23. The minimum absolute atomic E-state index is 0.0286. The first-order chi connectivity index (χ1) is 20.5. The molecule has 2 unspecified atom stereocenters. The van der Waals surface area contributed by atoms with Crippen LogP contribution in [0, 0.1) is 0 Å². The number of piperidine rings is 1. The van der Waals surface area contributed by atoms with Crippen LogP contribution in [0.2, 0.25) is 0 Å². The number of aromatic nitrogens is 1. The predicted octanol–water partition coefficient (Wildman–Crippen LogP) is 1.27. The smallest absolute Gasteiger partial charge is 0.248 e. The quantitative estimate of drug-likeness (QED) is 0.283. The van der Waals surface area contributed by atoms with Gasteiger partial charge in [0.2, 0.25) is 25.5 Å². The number of benzene rings is 2. The number of sulfonamides is 2. The lowest BCUT2D eigenvalue weighted by Gasteiger charge is -2.38. The molecular weight excluding hydrogens is 596 g/mol. The van der Waals surface area contributed by atoms with Gasteiger partial charge >= 0.3 is 0 Å². The van der Waals surface area contributed by atoms with E-state index < -0.39 is 37.2 Å². The molecule has 0 saturated carbocycles. The summed E-state index contributed by atoms with van der Waals surface area (Å²) in [7, 11) is -6.27. The van der Waals surface area contributed by atoms with Crippen molar-refractivity contribution in [3.63, 3.8) is 0 Å². The molecule has 1 aromatic heterocycles. The molecule has 0 bridgehead atoms. The second-order valence-electron chi connectivity index (χ2n) is 11.0. The Morgan fingerprint density at radius 1 is 1.12 bits per heavy atom. The van der Waals surface area contributed by atoms with Gasteiger partial charge in [0.1, 0.15) is 23.4 Å². The molecule has 3 N–H and O–H groups in total. The zero-order valence-corrected chi connectivity index (χ0v) is 25.9. The van der Waals surface area contributed by atoms with Crippen LogP contribution >= 0.6 is 0 Å². The Morgan fingerprint density at radius 3 is 2.58 bits per heavy atom. The number of rotatable bonds is 11. The molecule has 0 radical (unpaired) electrons. The predicted molar refractivity (Wildman–Crippen MR) is 161 cm³/mol. The van der Waals surface area contributed by atoms with Gasteiger partial charge in [0.15, 0.2) is 0 Å². The van der Waals surface area contributed by atoms with Crippen LogP contribution in [-0.2, 0) is 31.3 Å². The van der Waals surface area contributed by atoms with Gasteiger partial charge in [-0.05, 0) is 57.5 Å². The third-order valence-corrected chi connectivity index (χ3v) is 11.5. The molecule has 14 heteroatoms. The van der Waals surface area contributed by atoms with Crippen molar-refractivity contribution in [3.05, 3.63) is 65.0 Å². The molecule has 2 fully saturated rings. The molecule has 12 nitrogen and oxygen atoms in total. The zero-order chi connectivity index (χ0) is 30.8. The largest absolute Gasteiger partial charge is 0.491 e. The minimum Gasteiger partial charge on any atom is -0.491 e. The summed E-state index contributed by atoms with van der Waals surface area (Å²) in [6.45, 7) is 3.56. The Kier molecular flexibility index (Phi) is 9.28.